The van der Waals surface area contributed by atoms with E-state index in [2.05, 4.69) is 21.6 Å². The Bertz CT molecular complexity index is 836. The van der Waals surface area contributed by atoms with Gasteiger partial charge < -0.3 is 4.74 Å². The molecule has 0 fully saturated rings. The summed E-state index contributed by atoms with van der Waals surface area (Å²) in [6.45, 7) is 15.3. The van der Waals surface area contributed by atoms with Crippen LogP contribution < -0.4 is 0 Å². The molecule has 0 bridgehead atoms. The molecule has 0 saturated carbocycles. The van der Waals surface area contributed by atoms with Crippen LogP contribution in [0.2, 0.25) is 0 Å². The van der Waals surface area contributed by atoms with E-state index in [-0.39, 0.29) is 12.1 Å². The van der Waals surface area contributed by atoms with Crippen molar-refractivity contribution in [2.24, 2.45) is 5.41 Å². The van der Waals surface area contributed by atoms with Gasteiger partial charge in [0.25, 0.3) is 0 Å². The van der Waals surface area contributed by atoms with Gasteiger partial charge in [-0.25, -0.2) is 14.6 Å². The second-order valence-electron chi connectivity index (χ2n) is 6.80. The van der Waals surface area contributed by atoms with Crippen molar-refractivity contribution < 1.29 is 9.53 Å². The average molecular weight is 397 g/mol. The summed E-state index contributed by atoms with van der Waals surface area (Å²) in [4.78, 5) is 20.3. The molecule has 2 rings (SSSR count). The topological polar surface area (TPSA) is 69.9 Å². The van der Waals surface area contributed by atoms with Crippen LogP contribution in [-0.2, 0) is 9.53 Å². The summed E-state index contributed by atoms with van der Waals surface area (Å²) in [6.07, 6.45) is 14.4. The Kier molecular flexibility index (Phi) is 9.72. The van der Waals surface area contributed by atoms with Crippen LogP contribution in [0.1, 0.15) is 48.0 Å². The van der Waals surface area contributed by atoms with Crippen molar-refractivity contribution in [2.45, 2.75) is 54.1 Å². The number of allylic oxidation sites excluding steroid dienone is 4. The van der Waals surface area contributed by atoms with Crippen molar-refractivity contribution in [1.82, 2.24) is 19.7 Å². The maximum atomic E-state index is 12.2. The first-order chi connectivity index (χ1) is 13.9. The quantitative estimate of drug-likeness (QED) is 0.446. The third-order valence-corrected chi connectivity index (χ3v) is 4.28. The van der Waals surface area contributed by atoms with Crippen LogP contribution in [0.15, 0.2) is 61.9 Å². The Balaban J connectivity index is 0.00000204. The van der Waals surface area contributed by atoms with Crippen LogP contribution in [0.3, 0.4) is 0 Å². The SMILES string of the molecule is C=C/C=C(\C=C/C(C)OC(=O)C(C)(C)CC)n1cc(-c2ccncn2)cn1.CC. The molecule has 0 radical (unpaired) electrons. The van der Waals surface area contributed by atoms with Gasteiger partial charge in [0, 0.05) is 18.0 Å². The third-order valence-electron chi connectivity index (χ3n) is 4.28. The summed E-state index contributed by atoms with van der Waals surface area (Å²) < 4.78 is 7.24. The number of ether oxygens (including phenoxy) is 1. The number of nitrogens with zero attached hydrogens (tertiary/aromatic N) is 4. The first-order valence-corrected chi connectivity index (χ1v) is 9.91. The normalized spacial score (nSPS) is 12.8. The summed E-state index contributed by atoms with van der Waals surface area (Å²) in [5.41, 5.74) is 1.98. The number of hydrogen-bond acceptors (Lipinski definition) is 5. The largest absolute Gasteiger partial charge is 0.458 e. The first kappa shape index (κ1) is 24.0. The Morgan fingerprint density at radius 1 is 1.38 bits per heavy atom. The van der Waals surface area contributed by atoms with Crippen molar-refractivity contribution in [1.29, 1.82) is 0 Å². The number of rotatable bonds is 8. The van der Waals surface area contributed by atoms with E-state index in [9.17, 15) is 4.79 Å². The van der Waals surface area contributed by atoms with E-state index < -0.39 is 5.41 Å². The zero-order chi connectivity index (χ0) is 21.9. The molecule has 0 aromatic carbocycles. The van der Waals surface area contributed by atoms with Crippen LogP contribution in [-0.4, -0.2) is 31.8 Å². The van der Waals surface area contributed by atoms with E-state index in [0.29, 0.717) is 0 Å². The van der Waals surface area contributed by atoms with E-state index in [1.807, 2.05) is 72.0 Å². The maximum Gasteiger partial charge on any atom is 0.312 e. The first-order valence-electron chi connectivity index (χ1n) is 9.91. The molecule has 29 heavy (non-hydrogen) atoms. The zero-order valence-corrected chi connectivity index (χ0v) is 18.3. The Morgan fingerprint density at radius 3 is 2.69 bits per heavy atom. The highest BCUT2D eigenvalue weighted by molar-refractivity contribution is 5.76. The monoisotopic (exact) mass is 396 g/mol. The predicted molar refractivity (Wildman–Crippen MR) is 118 cm³/mol. The van der Waals surface area contributed by atoms with E-state index in [0.717, 1.165) is 23.4 Å². The second kappa shape index (κ2) is 11.7. The smallest absolute Gasteiger partial charge is 0.312 e. The lowest BCUT2D eigenvalue weighted by Gasteiger charge is -2.22. The fraction of sp³-hybridized carbons (Fsp3) is 0.391. The summed E-state index contributed by atoms with van der Waals surface area (Å²) in [5.74, 6) is -0.207. The number of carbonyl (C=O) groups excluding carboxylic acids is 1. The minimum Gasteiger partial charge on any atom is -0.458 e. The standard InChI is InChI=1S/C21H26N4O2.C2H6/c1-6-8-18(10-9-16(3)27-20(26)21(4,5)7-2)25-14-17(13-24-25)19-11-12-22-15-23-19;1-2/h6,8-16H,1,7H2,2-5H3;1-2H3/b10-9-,18-8+;. The molecule has 0 aliphatic carbocycles. The fourth-order valence-corrected chi connectivity index (χ4v) is 2.13. The van der Waals surface area contributed by atoms with Crippen LogP contribution in [0.25, 0.3) is 17.0 Å². The van der Waals surface area contributed by atoms with Crippen molar-refractivity contribution in [3.63, 3.8) is 0 Å². The minimum absolute atomic E-state index is 0.207. The zero-order valence-electron chi connectivity index (χ0n) is 18.3. The molecule has 0 saturated heterocycles. The summed E-state index contributed by atoms with van der Waals surface area (Å²) in [7, 11) is 0. The van der Waals surface area contributed by atoms with E-state index in [1.54, 1.807) is 23.2 Å². The van der Waals surface area contributed by atoms with Crippen molar-refractivity contribution in [3.05, 3.63) is 61.9 Å². The lowest BCUT2D eigenvalue weighted by Crippen LogP contribution is -2.28. The lowest BCUT2D eigenvalue weighted by atomic mass is 9.90. The molecule has 6 heteroatoms. The molecule has 0 N–H and O–H groups in total. The van der Waals surface area contributed by atoms with Gasteiger partial charge in [0.2, 0.25) is 0 Å². The van der Waals surface area contributed by atoms with Gasteiger partial charge in [0.15, 0.2) is 0 Å². The van der Waals surface area contributed by atoms with Gasteiger partial charge in [0.1, 0.15) is 12.4 Å². The molecule has 0 aliphatic heterocycles. The molecular formula is C23H32N4O2. The molecule has 2 aromatic rings. The number of hydrogen-bond donors (Lipinski definition) is 0. The molecule has 6 nitrogen and oxygen atoms in total. The summed E-state index contributed by atoms with van der Waals surface area (Å²) in [5, 5.41) is 4.38. The maximum absolute atomic E-state index is 12.2. The average Bonchev–Trinajstić information content (AvgIpc) is 3.23. The molecule has 0 amide bonds. The van der Waals surface area contributed by atoms with Gasteiger partial charge in [-0.1, -0.05) is 33.4 Å². The molecular weight excluding hydrogens is 364 g/mol. The molecule has 1 atom stereocenters. The highest BCUT2D eigenvalue weighted by Gasteiger charge is 2.27. The third kappa shape index (κ3) is 7.14. The molecule has 0 aliphatic rings. The minimum atomic E-state index is -0.490. The van der Waals surface area contributed by atoms with Crippen LogP contribution in [0, 0.1) is 5.41 Å². The van der Waals surface area contributed by atoms with Gasteiger partial charge in [-0.2, -0.15) is 5.10 Å². The summed E-state index contributed by atoms with van der Waals surface area (Å²) >= 11 is 0. The highest BCUT2D eigenvalue weighted by Crippen LogP contribution is 2.23. The van der Waals surface area contributed by atoms with E-state index in [4.69, 9.17) is 4.74 Å². The second-order valence-corrected chi connectivity index (χ2v) is 6.80. The Hall–Kier alpha value is -3.02. The molecule has 1 unspecified atom stereocenters. The summed E-state index contributed by atoms with van der Waals surface area (Å²) in [6, 6.07) is 1.82. The Morgan fingerprint density at radius 2 is 2.10 bits per heavy atom. The highest BCUT2D eigenvalue weighted by atomic mass is 16.5. The van der Waals surface area contributed by atoms with Crippen molar-refractivity contribution >= 4 is 11.7 Å². The number of aromatic nitrogens is 4. The van der Waals surface area contributed by atoms with Crippen LogP contribution >= 0.6 is 0 Å². The van der Waals surface area contributed by atoms with Crippen LogP contribution in [0.4, 0.5) is 0 Å². The molecule has 2 heterocycles. The number of esters is 1. The molecule has 156 valence electrons. The van der Waals surface area contributed by atoms with Gasteiger partial charge in [-0.3, -0.25) is 4.79 Å². The van der Waals surface area contributed by atoms with Gasteiger partial charge >= 0.3 is 5.97 Å². The van der Waals surface area contributed by atoms with Crippen molar-refractivity contribution in [2.75, 3.05) is 0 Å². The Labute approximate surface area is 174 Å². The van der Waals surface area contributed by atoms with E-state index in [1.165, 1.54) is 6.33 Å². The lowest BCUT2D eigenvalue weighted by molar-refractivity contribution is -0.156. The number of carbonyl (C=O) groups is 1. The fourth-order valence-electron chi connectivity index (χ4n) is 2.13. The van der Waals surface area contributed by atoms with Crippen LogP contribution in [0.5, 0.6) is 0 Å². The molecule has 2 aromatic heterocycles. The van der Waals surface area contributed by atoms with Crippen molar-refractivity contribution in [3.8, 4) is 11.3 Å². The predicted octanol–water partition coefficient (Wildman–Crippen LogP) is 5.32. The van der Waals surface area contributed by atoms with Gasteiger partial charge in [0.05, 0.1) is 23.0 Å². The van der Waals surface area contributed by atoms with Gasteiger partial charge in [-0.05, 0) is 51.5 Å². The molecule has 0 spiro atoms. The van der Waals surface area contributed by atoms with E-state index >= 15 is 0 Å². The van der Waals surface area contributed by atoms with Gasteiger partial charge in [-0.15, -0.1) is 0 Å².